The SMILES string of the molecule is C=CCn1c(SCc2ccccn2)nnc1-c1ccc(Br)cc1. The molecule has 23 heavy (non-hydrogen) atoms. The minimum absolute atomic E-state index is 0.670. The highest BCUT2D eigenvalue weighted by Gasteiger charge is 2.13. The first-order valence-corrected chi connectivity index (χ1v) is 8.88. The van der Waals surface area contributed by atoms with Gasteiger partial charge in [-0.05, 0) is 24.3 Å². The van der Waals surface area contributed by atoms with Crippen molar-refractivity contribution in [3.63, 3.8) is 0 Å². The summed E-state index contributed by atoms with van der Waals surface area (Å²) in [4.78, 5) is 4.34. The molecule has 0 atom stereocenters. The largest absolute Gasteiger partial charge is 0.298 e. The second kappa shape index (κ2) is 7.57. The maximum atomic E-state index is 4.36. The fourth-order valence-corrected chi connectivity index (χ4v) is 3.25. The summed E-state index contributed by atoms with van der Waals surface area (Å²) >= 11 is 5.08. The third-order valence-corrected chi connectivity index (χ3v) is 4.74. The normalized spacial score (nSPS) is 10.7. The van der Waals surface area contributed by atoms with Crippen LogP contribution in [0, 0.1) is 0 Å². The number of thioether (sulfide) groups is 1. The number of hydrogen-bond donors (Lipinski definition) is 0. The number of nitrogens with zero attached hydrogens (tertiary/aromatic N) is 4. The van der Waals surface area contributed by atoms with Crippen molar-refractivity contribution in [1.82, 2.24) is 19.7 Å². The monoisotopic (exact) mass is 386 g/mol. The van der Waals surface area contributed by atoms with E-state index in [0.717, 1.165) is 32.5 Å². The van der Waals surface area contributed by atoms with Crippen molar-refractivity contribution >= 4 is 27.7 Å². The first-order chi connectivity index (χ1) is 11.3. The van der Waals surface area contributed by atoms with Crippen LogP contribution >= 0.6 is 27.7 Å². The van der Waals surface area contributed by atoms with Crippen molar-refractivity contribution in [2.24, 2.45) is 0 Å². The van der Waals surface area contributed by atoms with Crippen LogP contribution in [0.1, 0.15) is 5.69 Å². The molecule has 0 aliphatic carbocycles. The van der Waals surface area contributed by atoms with Gasteiger partial charge in [-0.15, -0.1) is 16.8 Å². The molecule has 1 aromatic carbocycles. The van der Waals surface area contributed by atoms with E-state index < -0.39 is 0 Å². The molecule has 3 aromatic rings. The average Bonchev–Trinajstić information content (AvgIpc) is 2.98. The van der Waals surface area contributed by atoms with E-state index >= 15 is 0 Å². The van der Waals surface area contributed by atoms with E-state index in [1.165, 1.54) is 0 Å². The second-order valence-electron chi connectivity index (χ2n) is 4.82. The molecule has 0 aliphatic heterocycles. The molecule has 0 saturated carbocycles. The molecule has 2 heterocycles. The lowest BCUT2D eigenvalue weighted by molar-refractivity contribution is 0.731. The summed E-state index contributed by atoms with van der Waals surface area (Å²) in [7, 11) is 0. The van der Waals surface area contributed by atoms with Gasteiger partial charge in [0.2, 0.25) is 0 Å². The Morgan fingerprint density at radius 1 is 1.13 bits per heavy atom. The predicted molar refractivity (Wildman–Crippen MR) is 97.2 cm³/mol. The molecule has 0 unspecified atom stereocenters. The van der Waals surface area contributed by atoms with Crippen LogP contribution < -0.4 is 0 Å². The summed E-state index contributed by atoms with van der Waals surface area (Å²) in [6, 6.07) is 14.0. The molecule has 116 valence electrons. The summed E-state index contributed by atoms with van der Waals surface area (Å²) < 4.78 is 3.12. The molecule has 0 N–H and O–H groups in total. The molecule has 3 rings (SSSR count). The van der Waals surface area contributed by atoms with Crippen molar-refractivity contribution in [3.8, 4) is 11.4 Å². The highest BCUT2D eigenvalue weighted by Crippen LogP contribution is 2.26. The van der Waals surface area contributed by atoms with Gasteiger partial charge < -0.3 is 0 Å². The van der Waals surface area contributed by atoms with E-state index in [9.17, 15) is 0 Å². The van der Waals surface area contributed by atoms with Crippen LogP contribution in [0.15, 0.2) is 70.9 Å². The topological polar surface area (TPSA) is 43.6 Å². The Morgan fingerprint density at radius 3 is 2.65 bits per heavy atom. The van der Waals surface area contributed by atoms with Crippen molar-refractivity contribution in [3.05, 3.63) is 71.5 Å². The van der Waals surface area contributed by atoms with E-state index in [2.05, 4.69) is 42.3 Å². The fraction of sp³-hybridized carbons (Fsp3) is 0.118. The van der Waals surface area contributed by atoms with Gasteiger partial charge in [-0.3, -0.25) is 9.55 Å². The lowest BCUT2D eigenvalue weighted by Crippen LogP contribution is -2.00. The standard InChI is InChI=1S/C17H15BrN4S/c1-2-11-22-16(13-6-8-14(18)9-7-13)20-21-17(22)23-12-15-5-3-4-10-19-15/h2-10H,1,11-12H2. The van der Waals surface area contributed by atoms with Crippen molar-refractivity contribution < 1.29 is 0 Å². The van der Waals surface area contributed by atoms with Gasteiger partial charge in [0.1, 0.15) is 0 Å². The summed E-state index contributed by atoms with van der Waals surface area (Å²) in [6.07, 6.45) is 3.66. The second-order valence-corrected chi connectivity index (χ2v) is 6.68. The molecule has 6 heteroatoms. The van der Waals surface area contributed by atoms with Gasteiger partial charge in [0, 0.05) is 28.5 Å². The third-order valence-electron chi connectivity index (χ3n) is 3.21. The Labute approximate surface area is 147 Å². The number of aromatic nitrogens is 4. The zero-order valence-corrected chi connectivity index (χ0v) is 14.8. The first-order valence-electron chi connectivity index (χ1n) is 7.10. The van der Waals surface area contributed by atoms with Gasteiger partial charge in [0.15, 0.2) is 11.0 Å². The Morgan fingerprint density at radius 2 is 1.96 bits per heavy atom. The zero-order chi connectivity index (χ0) is 16.1. The van der Waals surface area contributed by atoms with Crippen molar-refractivity contribution in [2.45, 2.75) is 17.5 Å². The Kier molecular flexibility index (Phi) is 5.25. The van der Waals surface area contributed by atoms with Crippen LogP contribution in [-0.4, -0.2) is 19.7 Å². The van der Waals surface area contributed by atoms with Crippen molar-refractivity contribution in [1.29, 1.82) is 0 Å². The molecule has 0 fully saturated rings. The van der Waals surface area contributed by atoms with Crippen LogP contribution in [0.5, 0.6) is 0 Å². The predicted octanol–water partition coefficient (Wildman–Crippen LogP) is 4.58. The van der Waals surface area contributed by atoms with E-state index in [1.54, 1.807) is 18.0 Å². The van der Waals surface area contributed by atoms with Gasteiger partial charge in [-0.25, -0.2) is 0 Å². The summed E-state index contributed by atoms with van der Waals surface area (Å²) in [6.45, 7) is 4.51. The average molecular weight is 387 g/mol. The Bertz CT molecular complexity index is 784. The fourth-order valence-electron chi connectivity index (χ4n) is 2.12. The molecule has 0 spiro atoms. The van der Waals surface area contributed by atoms with Crippen LogP contribution in [0.25, 0.3) is 11.4 Å². The van der Waals surface area contributed by atoms with E-state index in [1.807, 2.05) is 48.5 Å². The quantitative estimate of drug-likeness (QED) is 0.459. The number of pyridine rings is 1. The Balaban J connectivity index is 1.86. The molecular weight excluding hydrogens is 372 g/mol. The lowest BCUT2D eigenvalue weighted by atomic mass is 10.2. The molecular formula is C17H15BrN4S. The van der Waals surface area contributed by atoms with Gasteiger partial charge in [0.05, 0.1) is 5.69 Å². The molecule has 0 radical (unpaired) electrons. The number of halogens is 1. The molecule has 0 amide bonds. The van der Waals surface area contributed by atoms with Crippen LogP contribution in [0.2, 0.25) is 0 Å². The molecule has 0 bridgehead atoms. The Hall–Kier alpha value is -1.92. The maximum Gasteiger partial charge on any atom is 0.192 e. The summed E-state index contributed by atoms with van der Waals surface area (Å²) in [5.74, 6) is 1.61. The highest BCUT2D eigenvalue weighted by molar-refractivity contribution is 9.10. The van der Waals surface area contributed by atoms with Gasteiger partial charge >= 0.3 is 0 Å². The number of rotatable bonds is 6. The molecule has 4 nitrogen and oxygen atoms in total. The smallest absolute Gasteiger partial charge is 0.192 e. The summed E-state index contributed by atoms with van der Waals surface area (Å²) in [5, 5.41) is 9.56. The van der Waals surface area contributed by atoms with Crippen LogP contribution in [0.4, 0.5) is 0 Å². The van der Waals surface area contributed by atoms with E-state index in [0.29, 0.717) is 6.54 Å². The van der Waals surface area contributed by atoms with Gasteiger partial charge in [0.25, 0.3) is 0 Å². The number of allylic oxidation sites excluding steroid dienone is 1. The zero-order valence-electron chi connectivity index (χ0n) is 12.4. The molecule has 0 aliphatic rings. The minimum atomic E-state index is 0.670. The van der Waals surface area contributed by atoms with Crippen molar-refractivity contribution in [2.75, 3.05) is 0 Å². The van der Waals surface area contributed by atoms with Gasteiger partial charge in [-0.2, -0.15) is 0 Å². The van der Waals surface area contributed by atoms with Crippen LogP contribution in [0.3, 0.4) is 0 Å². The number of benzene rings is 1. The number of hydrogen-bond acceptors (Lipinski definition) is 4. The maximum absolute atomic E-state index is 4.36. The van der Waals surface area contributed by atoms with E-state index in [-0.39, 0.29) is 0 Å². The van der Waals surface area contributed by atoms with Crippen LogP contribution in [-0.2, 0) is 12.3 Å². The van der Waals surface area contributed by atoms with Gasteiger partial charge in [-0.1, -0.05) is 52.0 Å². The summed E-state index contributed by atoms with van der Waals surface area (Å²) in [5.41, 5.74) is 2.06. The highest BCUT2D eigenvalue weighted by atomic mass is 79.9. The van der Waals surface area contributed by atoms with E-state index in [4.69, 9.17) is 0 Å². The third kappa shape index (κ3) is 3.89. The molecule has 2 aromatic heterocycles. The lowest BCUT2D eigenvalue weighted by Gasteiger charge is -2.07. The molecule has 0 saturated heterocycles. The minimum Gasteiger partial charge on any atom is -0.298 e. The first kappa shape index (κ1) is 16.0.